The molecule has 1 fully saturated rings. The van der Waals surface area contributed by atoms with Crippen LogP contribution in [0.3, 0.4) is 0 Å². The molecule has 5 nitrogen and oxygen atoms in total. The topological polar surface area (TPSA) is 66.8 Å². The quantitative estimate of drug-likeness (QED) is 0.909. The number of carboxylic acid groups (broad SMARTS) is 1. The zero-order valence-electron chi connectivity index (χ0n) is 11.0. The van der Waals surface area contributed by atoms with Gasteiger partial charge in [0.05, 0.1) is 12.3 Å². The molecular formula is C14H17NO4. The summed E-state index contributed by atoms with van der Waals surface area (Å²) in [5.74, 6) is -0.998. The number of para-hydroxylation sites is 1. The molecule has 1 amide bonds. The van der Waals surface area contributed by atoms with Crippen LogP contribution in [0.15, 0.2) is 18.2 Å². The number of anilines is 1. The van der Waals surface area contributed by atoms with Crippen LogP contribution in [-0.2, 0) is 16.0 Å². The highest BCUT2D eigenvalue weighted by atomic mass is 16.6. The van der Waals surface area contributed by atoms with Crippen molar-refractivity contribution >= 4 is 17.7 Å². The number of carboxylic acids is 1. The molecule has 1 atom stereocenters. The first-order chi connectivity index (χ1) is 9.06. The van der Waals surface area contributed by atoms with Crippen LogP contribution in [-0.4, -0.2) is 29.8 Å². The van der Waals surface area contributed by atoms with Gasteiger partial charge in [-0.3, -0.25) is 4.90 Å². The smallest absolute Gasteiger partial charge is 0.415 e. The molecule has 1 heterocycles. The maximum Gasteiger partial charge on any atom is 0.415 e. The minimum Gasteiger partial charge on any atom is -0.480 e. The zero-order valence-corrected chi connectivity index (χ0v) is 11.0. The Bertz CT molecular complexity index is 512. The lowest BCUT2D eigenvalue weighted by Gasteiger charge is -2.34. The average molecular weight is 263 g/mol. The van der Waals surface area contributed by atoms with E-state index >= 15 is 0 Å². The highest BCUT2D eigenvalue weighted by molar-refractivity contribution is 5.97. The molecule has 1 aromatic rings. The minimum atomic E-state index is -0.998. The first-order valence-electron chi connectivity index (χ1n) is 6.33. The fourth-order valence-electron chi connectivity index (χ4n) is 2.41. The second kappa shape index (κ2) is 5.30. The molecule has 0 aromatic heterocycles. The van der Waals surface area contributed by atoms with E-state index in [1.807, 2.05) is 32.0 Å². The number of aryl methyl sites for hydroxylation is 2. The summed E-state index contributed by atoms with van der Waals surface area (Å²) in [7, 11) is 0. The summed E-state index contributed by atoms with van der Waals surface area (Å²) in [5.41, 5.74) is 2.50. The molecule has 0 bridgehead atoms. The maximum atomic E-state index is 12.0. The Kier molecular flexibility index (Phi) is 3.74. The van der Waals surface area contributed by atoms with Crippen molar-refractivity contribution in [2.75, 3.05) is 11.5 Å². The molecule has 0 spiro atoms. The van der Waals surface area contributed by atoms with Crippen LogP contribution < -0.4 is 4.90 Å². The third-order valence-electron chi connectivity index (χ3n) is 3.35. The van der Waals surface area contributed by atoms with Gasteiger partial charge in [-0.2, -0.15) is 0 Å². The first kappa shape index (κ1) is 13.4. The highest BCUT2D eigenvalue weighted by Crippen LogP contribution is 2.30. The molecule has 0 radical (unpaired) electrons. The molecule has 5 heteroatoms. The lowest BCUT2D eigenvalue weighted by molar-refractivity contribution is -0.139. The van der Waals surface area contributed by atoms with Crippen molar-refractivity contribution in [2.45, 2.75) is 32.7 Å². The number of aliphatic carboxylic acids is 1. The van der Waals surface area contributed by atoms with E-state index in [0.717, 1.165) is 17.5 Å². The van der Waals surface area contributed by atoms with Crippen molar-refractivity contribution in [3.8, 4) is 0 Å². The number of benzene rings is 1. The van der Waals surface area contributed by atoms with Gasteiger partial charge in [0.25, 0.3) is 0 Å². The number of ether oxygens (including phenoxy) is 1. The molecule has 0 saturated carbocycles. The Morgan fingerprint density at radius 2 is 2.26 bits per heavy atom. The predicted octanol–water partition coefficient (Wildman–Crippen LogP) is 2.36. The summed E-state index contributed by atoms with van der Waals surface area (Å²) in [5, 5.41) is 9.29. The number of amides is 1. The minimum absolute atomic E-state index is 0.152. The summed E-state index contributed by atoms with van der Waals surface area (Å²) >= 11 is 0. The van der Waals surface area contributed by atoms with Gasteiger partial charge in [0.15, 0.2) is 0 Å². The number of hydrogen-bond donors (Lipinski definition) is 1. The van der Waals surface area contributed by atoms with Gasteiger partial charge >= 0.3 is 12.1 Å². The molecule has 1 unspecified atom stereocenters. The Balaban J connectivity index is 2.53. The van der Waals surface area contributed by atoms with Crippen molar-refractivity contribution in [2.24, 2.45) is 0 Å². The van der Waals surface area contributed by atoms with Crippen LogP contribution >= 0.6 is 0 Å². The summed E-state index contributed by atoms with van der Waals surface area (Å²) in [6.45, 7) is 4.00. The Morgan fingerprint density at radius 1 is 1.53 bits per heavy atom. The number of rotatable bonds is 3. The third-order valence-corrected chi connectivity index (χ3v) is 3.35. The maximum absolute atomic E-state index is 12.0. The highest BCUT2D eigenvalue weighted by Gasteiger charge is 2.37. The molecule has 1 saturated heterocycles. The molecular weight excluding hydrogens is 246 g/mol. The van der Waals surface area contributed by atoms with E-state index < -0.39 is 18.1 Å². The summed E-state index contributed by atoms with van der Waals surface area (Å²) in [4.78, 5) is 24.6. The monoisotopic (exact) mass is 263 g/mol. The van der Waals surface area contributed by atoms with Crippen LogP contribution in [0.25, 0.3) is 0 Å². The van der Waals surface area contributed by atoms with Gasteiger partial charge in [0, 0.05) is 6.42 Å². The van der Waals surface area contributed by atoms with Crippen LogP contribution in [0.5, 0.6) is 0 Å². The van der Waals surface area contributed by atoms with Crippen molar-refractivity contribution < 1.29 is 19.4 Å². The molecule has 0 aliphatic carbocycles. The first-order valence-corrected chi connectivity index (χ1v) is 6.33. The largest absolute Gasteiger partial charge is 0.480 e. The van der Waals surface area contributed by atoms with Crippen LogP contribution in [0.4, 0.5) is 10.5 Å². The molecule has 2 rings (SSSR count). The van der Waals surface area contributed by atoms with Crippen molar-refractivity contribution in [1.29, 1.82) is 0 Å². The Morgan fingerprint density at radius 3 is 2.89 bits per heavy atom. The summed E-state index contributed by atoms with van der Waals surface area (Å²) < 4.78 is 5.00. The van der Waals surface area contributed by atoms with E-state index in [1.54, 1.807) is 0 Å². The second-order valence-corrected chi connectivity index (χ2v) is 4.56. The fraction of sp³-hybridized carbons (Fsp3) is 0.429. The molecule has 1 aliphatic heterocycles. The SMILES string of the molecule is CCc1cccc(C)c1N1C(=O)OCCC1C(=O)O. The number of carbonyl (C=O) groups is 2. The van der Waals surface area contributed by atoms with Crippen LogP contribution in [0.2, 0.25) is 0 Å². The predicted molar refractivity (Wildman–Crippen MR) is 70.4 cm³/mol. The fourth-order valence-corrected chi connectivity index (χ4v) is 2.41. The number of carbonyl (C=O) groups excluding carboxylic acids is 1. The molecule has 1 N–H and O–H groups in total. The van der Waals surface area contributed by atoms with Crippen molar-refractivity contribution in [1.82, 2.24) is 0 Å². The van der Waals surface area contributed by atoms with Gasteiger partial charge in [-0.15, -0.1) is 0 Å². The zero-order chi connectivity index (χ0) is 14.0. The lowest BCUT2D eigenvalue weighted by atomic mass is 10.0. The Labute approximate surface area is 111 Å². The average Bonchev–Trinajstić information content (AvgIpc) is 2.38. The van der Waals surface area contributed by atoms with Gasteiger partial charge in [0.1, 0.15) is 6.04 Å². The molecule has 1 aromatic carbocycles. The van der Waals surface area contributed by atoms with Crippen LogP contribution in [0, 0.1) is 6.92 Å². The summed E-state index contributed by atoms with van der Waals surface area (Å²) in [6, 6.07) is 4.83. The van der Waals surface area contributed by atoms with Gasteiger partial charge in [0.2, 0.25) is 0 Å². The number of nitrogens with zero attached hydrogens (tertiary/aromatic N) is 1. The van der Waals surface area contributed by atoms with E-state index in [2.05, 4.69) is 0 Å². The number of hydrogen-bond acceptors (Lipinski definition) is 3. The number of cyclic esters (lactones) is 1. The molecule has 102 valence electrons. The van der Waals surface area contributed by atoms with Gasteiger partial charge < -0.3 is 9.84 Å². The van der Waals surface area contributed by atoms with Gasteiger partial charge in [-0.25, -0.2) is 9.59 Å². The summed E-state index contributed by atoms with van der Waals surface area (Å²) in [6.07, 6.45) is 0.453. The third kappa shape index (κ3) is 2.41. The van der Waals surface area contributed by atoms with Crippen molar-refractivity contribution in [3.05, 3.63) is 29.3 Å². The van der Waals surface area contributed by atoms with Gasteiger partial charge in [-0.05, 0) is 24.5 Å². The van der Waals surface area contributed by atoms with Crippen molar-refractivity contribution in [3.63, 3.8) is 0 Å². The van der Waals surface area contributed by atoms with E-state index in [1.165, 1.54) is 4.90 Å². The van der Waals surface area contributed by atoms with Gasteiger partial charge in [-0.1, -0.05) is 25.1 Å². The Hall–Kier alpha value is -2.04. The molecule has 19 heavy (non-hydrogen) atoms. The van der Waals surface area contributed by atoms with Crippen LogP contribution in [0.1, 0.15) is 24.5 Å². The van der Waals surface area contributed by atoms with E-state index in [0.29, 0.717) is 12.1 Å². The molecule has 1 aliphatic rings. The van der Waals surface area contributed by atoms with E-state index in [4.69, 9.17) is 4.74 Å². The van der Waals surface area contributed by atoms with E-state index in [9.17, 15) is 14.7 Å². The normalized spacial score (nSPS) is 19.2. The standard InChI is InChI=1S/C14H17NO4/c1-3-10-6-4-5-9(2)12(10)15-11(13(16)17)7-8-19-14(15)18/h4-6,11H,3,7-8H2,1-2H3,(H,16,17). The lowest BCUT2D eigenvalue weighted by Crippen LogP contribution is -2.50. The van der Waals surface area contributed by atoms with E-state index in [-0.39, 0.29) is 6.61 Å². The second-order valence-electron chi connectivity index (χ2n) is 4.56.